The Morgan fingerprint density at radius 1 is 1.30 bits per heavy atom. The van der Waals surface area contributed by atoms with Crippen molar-refractivity contribution in [2.24, 2.45) is 0 Å². The highest BCUT2D eigenvalue weighted by Gasteiger charge is 2.11. The zero-order valence-corrected chi connectivity index (χ0v) is 11.8. The zero-order chi connectivity index (χ0) is 14.8. The first kappa shape index (κ1) is 15.7. The molecule has 0 amide bonds. The summed E-state index contributed by atoms with van der Waals surface area (Å²) in [6.45, 7) is 3.33. The third kappa shape index (κ3) is 4.71. The van der Waals surface area contributed by atoms with Gasteiger partial charge in [0, 0.05) is 19.7 Å². The summed E-state index contributed by atoms with van der Waals surface area (Å²) in [6, 6.07) is 5.80. The smallest absolute Gasteiger partial charge is 0.158 e. The Morgan fingerprint density at radius 3 is 2.55 bits per heavy atom. The van der Waals surface area contributed by atoms with E-state index in [0.717, 1.165) is 13.0 Å². The monoisotopic (exact) mass is 274 g/mol. The molecule has 0 aromatic carbocycles. The summed E-state index contributed by atoms with van der Waals surface area (Å²) in [5.41, 5.74) is 0. The third-order valence-electron chi connectivity index (χ3n) is 2.44. The Labute approximate surface area is 118 Å². The summed E-state index contributed by atoms with van der Waals surface area (Å²) < 4.78 is 5.04. The van der Waals surface area contributed by atoms with Gasteiger partial charge in [0.05, 0.1) is 12.1 Å². The largest absolute Gasteiger partial charge is 0.377 e. The van der Waals surface area contributed by atoms with Crippen LogP contribution in [-0.2, 0) is 11.3 Å². The van der Waals surface area contributed by atoms with Crippen molar-refractivity contribution in [1.82, 2.24) is 9.97 Å². The van der Waals surface area contributed by atoms with Crippen LogP contribution in [0.5, 0.6) is 0 Å². The summed E-state index contributed by atoms with van der Waals surface area (Å²) in [4.78, 5) is 10.2. The lowest BCUT2D eigenvalue weighted by atomic mass is 10.4. The second-order valence-corrected chi connectivity index (χ2v) is 4.06. The van der Waals surface area contributed by atoms with Crippen LogP contribution in [0.3, 0.4) is 0 Å². The van der Waals surface area contributed by atoms with E-state index in [0.29, 0.717) is 17.5 Å². The van der Waals surface area contributed by atoms with E-state index in [-0.39, 0.29) is 19.7 Å². The summed E-state index contributed by atoms with van der Waals surface area (Å²) in [6.07, 6.45) is 0.971. The molecule has 1 aromatic rings. The van der Waals surface area contributed by atoms with Gasteiger partial charge in [-0.15, -0.1) is 0 Å². The van der Waals surface area contributed by atoms with E-state index in [1.54, 1.807) is 18.1 Å². The van der Waals surface area contributed by atoms with E-state index in [9.17, 15) is 0 Å². The molecule has 0 saturated carbocycles. The quantitative estimate of drug-likeness (QED) is 0.713. The number of nitrogens with zero attached hydrogens (tertiary/aromatic N) is 5. The summed E-state index contributed by atoms with van der Waals surface area (Å²) in [5, 5.41) is 20.8. The van der Waals surface area contributed by atoms with E-state index in [1.165, 1.54) is 0 Å². The van der Waals surface area contributed by atoms with Crippen LogP contribution in [0.25, 0.3) is 0 Å². The first-order chi connectivity index (χ1) is 9.74. The maximum atomic E-state index is 8.82. The molecule has 0 atom stereocenters. The van der Waals surface area contributed by atoms with Crippen LogP contribution >= 0.6 is 0 Å². The van der Waals surface area contributed by atoms with Crippen LogP contribution in [0, 0.1) is 22.7 Å². The average Bonchev–Trinajstić information content (AvgIpc) is 2.45. The number of anilines is 2. The van der Waals surface area contributed by atoms with Crippen LogP contribution in [0.15, 0.2) is 6.07 Å². The van der Waals surface area contributed by atoms with Crippen molar-refractivity contribution in [3.05, 3.63) is 11.9 Å². The van der Waals surface area contributed by atoms with Crippen LogP contribution < -0.4 is 10.2 Å². The predicted molar refractivity (Wildman–Crippen MR) is 75.0 cm³/mol. The molecular weight excluding hydrogens is 256 g/mol. The highest BCUT2D eigenvalue weighted by atomic mass is 16.5. The standard InChI is InChI=1S/C13H18N6O/c1-3-6-16-11-9-13(18-12(17-11)10-20-2)19(7-4-14)8-5-15/h9H,3,6-8,10H2,1-2H3,(H,16,17,18). The van der Waals surface area contributed by atoms with E-state index in [1.807, 2.05) is 12.1 Å². The Kier molecular flexibility index (Phi) is 6.80. The molecule has 0 bridgehead atoms. The molecule has 0 aliphatic rings. The van der Waals surface area contributed by atoms with Crippen molar-refractivity contribution in [3.8, 4) is 12.1 Å². The minimum atomic E-state index is 0.101. The molecule has 7 heteroatoms. The van der Waals surface area contributed by atoms with E-state index < -0.39 is 0 Å². The Bertz CT molecular complexity index is 489. The van der Waals surface area contributed by atoms with Crippen LogP contribution in [0.1, 0.15) is 19.2 Å². The molecule has 1 aromatic heterocycles. The number of hydrogen-bond acceptors (Lipinski definition) is 7. The Morgan fingerprint density at radius 2 is 2.00 bits per heavy atom. The van der Waals surface area contributed by atoms with Gasteiger partial charge in [0.2, 0.25) is 0 Å². The molecule has 106 valence electrons. The first-order valence-electron chi connectivity index (χ1n) is 6.34. The van der Waals surface area contributed by atoms with Gasteiger partial charge in [-0.2, -0.15) is 10.5 Å². The molecule has 0 fully saturated rings. The average molecular weight is 274 g/mol. The Balaban J connectivity index is 3.05. The van der Waals surface area contributed by atoms with Gasteiger partial charge in [-0.25, -0.2) is 9.97 Å². The summed E-state index contributed by atoms with van der Waals surface area (Å²) in [7, 11) is 1.57. The summed E-state index contributed by atoms with van der Waals surface area (Å²) in [5.74, 6) is 1.74. The molecule has 0 aliphatic heterocycles. The number of nitriles is 2. The second-order valence-electron chi connectivity index (χ2n) is 4.06. The van der Waals surface area contributed by atoms with Gasteiger partial charge in [0.25, 0.3) is 0 Å². The highest BCUT2D eigenvalue weighted by Crippen LogP contribution is 2.16. The fourth-order valence-corrected chi connectivity index (χ4v) is 1.57. The lowest BCUT2D eigenvalue weighted by molar-refractivity contribution is 0.178. The van der Waals surface area contributed by atoms with Crippen LogP contribution in [0.2, 0.25) is 0 Å². The van der Waals surface area contributed by atoms with Crippen molar-refractivity contribution in [3.63, 3.8) is 0 Å². The summed E-state index contributed by atoms with van der Waals surface area (Å²) >= 11 is 0. The molecule has 7 nitrogen and oxygen atoms in total. The van der Waals surface area contributed by atoms with Gasteiger partial charge in [0.15, 0.2) is 5.82 Å². The third-order valence-corrected chi connectivity index (χ3v) is 2.44. The number of rotatable bonds is 8. The molecule has 1 heterocycles. The second kappa shape index (κ2) is 8.68. The van der Waals surface area contributed by atoms with Gasteiger partial charge >= 0.3 is 0 Å². The number of aromatic nitrogens is 2. The number of nitrogens with one attached hydrogen (secondary N) is 1. The fourth-order valence-electron chi connectivity index (χ4n) is 1.57. The molecule has 0 saturated heterocycles. The topological polar surface area (TPSA) is 97.9 Å². The van der Waals surface area contributed by atoms with Gasteiger partial charge in [-0.05, 0) is 6.42 Å². The lowest BCUT2D eigenvalue weighted by Gasteiger charge is -2.18. The Hall–Kier alpha value is -2.38. The molecule has 1 rings (SSSR count). The van der Waals surface area contributed by atoms with Crippen molar-refractivity contribution in [2.75, 3.05) is 37.0 Å². The SMILES string of the molecule is CCCNc1cc(N(CC#N)CC#N)nc(COC)n1. The molecule has 20 heavy (non-hydrogen) atoms. The highest BCUT2D eigenvalue weighted by molar-refractivity contribution is 5.50. The molecule has 0 radical (unpaired) electrons. The predicted octanol–water partition coefficient (Wildman–Crippen LogP) is 1.30. The van der Waals surface area contributed by atoms with Crippen molar-refractivity contribution >= 4 is 11.6 Å². The molecule has 1 N–H and O–H groups in total. The van der Waals surface area contributed by atoms with E-state index in [4.69, 9.17) is 15.3 Å². The normalized spacial score (nSPS) is 9.60. The van der Waals surface area contributed by atoms with Gasteiger partial charge < -0.3 is 15.0 Å². The van der Waals surface area contributed by atoms with E-state index >= 15 is 0 Å². The van der Waals surface area contributed by atoms with Gasteiger partial charge in [-0.1, -0.05) is 6.92 Å². The number of ether oxygens (including phenoxy) is 1. The zero-order valence-electron chi connectivity index (χ0n) is 11.8. The molecule has 0 aliphatic carbocycles. The maximum Gasteiger partial charge on any atom is 0.158 e. The minimum Gasteiger partial charge on any atom is -0.377 e. The van der Waals surface area contributed by atoms with Gasteiger partial charge in [0.1, 0.15) is 31.3 Å². The fraction of sp³-hybridized carbons (Fsp3) is 0.538. The van der Waals surface area contributed by atoms with Gasteiger partial charge in [-0.3, -0.25) is 0 Å². The van der Waals surface area contributed by atoms with Crippen molar-refractivity contribution < 1.29 is 4.74 Å². The lowest BCUT2D eigenvalue weighted by Crippen LogP contribution is -2.25. The van der Waals surface area contributed by atoms with Crippen molar-refractivity contribution in [1.29, 1.82) is 10.5 Å². The van der Waals surface area contributed by atoms with Crippen LogP contribution in [-0.4, -0.2) is 36.7 Å². The van der Waals surface area contributed by atoms with E-state index in [2.05, 4.69) is 22.2 Å². The molecule has 0 unspecified atom stereocenters. The maximum absolute atomic E-state index is 8.82. The van der Waals surface area contributed by atoms with Crippen molar-refractivity contribution in [2.45, 2.75) is 20.0 Å². The number of methoxy groups -OCH3 is 1. The molecular formula is C13H18N6O. The molecule has 0 spiro atoms. The van der Waals surface area contributed by atoms with Crippen LogP contribution in [0.4, 0.5) is 11.6 Å². The minimum absolute atomic E-state index is 0.101. The number of hydrogen-bond donors (Lipinski definition) is 1. The first-order valence-corrected chi connectivity index (χ1v) is 6.34.